The second-order valence-electron chi connectivity index (χ2n) is 12.4. The molecular formula is C32H36F3N5O5. The first-order valence-electron chi connectivity index (χ1n) is 15.2. The number of nitrogens with zero attached hydrogens (tertiary/aromatic N) is 4. The van der Waals surface area contributed by atoms with Crippen molar-refractivity contribution in [1.29, 1.82) is 5.26 Å². The van der Waals surface area contributed by atoms with Gasteiger partial charge < -0.3 is 29.3 Å². The number of benzene rings is 1. The Morgan fingerprint density at radius 3 is 2.78 bits per heavy atom. The van der Waals surface area contributed by atoms with Gasteiger partial charge in [-0.2, -0.15) is 18.4 Å². The Balaban J connectivity index is 1.20. The van der Waals surface area contributed by atoms with Crippen LogP contribution in [0.3, 0.4) is 0 Å². The van der Waals surface area contributed by atoms with E-state index in [0.29, 0.717) is 62.4 Å². The zero-order valence-corrected chi connectivity index (χ0v) is 25.0. The number of hydrogen-bond donors (Lipinski definition) is 1. The average Bonchev–Trinajstić information content (AvgIpc) is 3.58. The molecule has 0 bridgehead atoms. The number of fused-ring (bicyclic) bond motifs is 2. The fourth-order valence-corrected chi connectivity index (χ4v) is 7.39. The number of methoxy groups -OCH3 is 1. The van der Waals surface area contributed by atoms with Gasteiger partial charge in [-0.3, -0.25) is 9.78 Å². The van der Waals surface area contributed by atoms with Crippen molar-refractivity contribution >= 4 is 12.0 Å². The van der Waals surface area contributed by atoms with Crippen LogP contribution in [0.25, 0.3) is 0 Å². The predicted octanol–water partition coefficient (Wildman–Crippen LogP) is 3.67. The van der Waals surface area contributed by atoms with Crippen LogP contribution in [0.5, 0.6) is 0 Å². The molecule has 4 aliphatic rings. The number of hydrogen-bond acceptors (Lipinski definition) is 8. The number of nitriles is 1. The minimum absolute atomic E-state index is 0.00732. The quantitative estimate of drug-likeness (QED) is 0.516. The molecule has 2 aromatic rings. The summed E-state index contributed by atoms with van der Waals surface area (Å²) in [5.74, 6) is -0.315. The summed E-state index contributed by atoms with van der Waals surface area (Å²) in [5.41, 5.74) is 0.455. The van der Waals surface area contributed by atoms with Gasteiger partial charge in [0.25, 0.3) is 0 Å². The number of carbonyl (C=O) groups excluding carboxylic acids is 2. The maximum absolute atomic E-state index is 14.5. The fourth-order valence-electron chi connectivity index (χ4n) is 7.39. The van der Waals surface area contributed by atoms with Gasteiger partial charge >= 0.3 is 12.3 Å². The second kappa shape index (κ2) is 12.6. The summed E-state index contributed by atoms with van der Waals surface area (Å²) in [6.45, 7) is 1.98. The smallest absolute Gasteiger partial charge is 0.417 e. The Hall–Kier alpha value is -3.73. The number of alkyl halides is 3. The number of pyridine rings is 1. The van der Waals surface area contributed by atoms with E-state index in [1.807, 2.05) is 0 Å². The van der Waals surface area contributed by atoms with Crippen LogP contribution in [0, 0.1) is 22.7 Å². The van der Waals surface area contributed by atoms with Crippen molar-refractivity contribution in [2.45, 2.75) is 63.2 Å². The van der Waals surface area contributed by atoms with E-state index in [4.69, 9.17) is 19.5 Å². The lowest BCUT2D eigenvalue weighted by Crippen LogP contribution is -2.52. The zero-order valence-electron chi connectivity index (χ0n) is 25.0. The van der Waals surface area contributed by atoms with Gasteiger partial charge in [0.2, 0.25) is 5.91 Å². The summed E-state index contributed by atoms with van der Waals surface area (Å²) in [4.78, 5) is 35.0. The topological polar surface area (TPSA) is 117 Å². The van der Waals surface area contributed by atoms with Gasteiger partial charge in [-0.15, -0.1) is 0 Å². The molecule has 2 saturated heterocycles. The standard InChI is InChI=1S/C32H36F3N5O5/c1-43-28-18-44-9-7-27(28)38-25-11-24-16-40(30(42)45-17-21-4-2-20(13-36)3-5-21)19-31(24,12-25)29(41)39-8-6-26-22(15-39)10-23(14-37-26)32(33,34)35/h2-5,10,14,24-25,27-28,38H,6-9,11-12,15-19H2,1H3. The maximum atomic E-state index is 14.5. The highest BCUT2D eigenvalue weighted by molar-refractivity contribution is 5.86. The van der Waals surface area contributed by atoms with E-state index in [1.165, 1.54) is 0 Å². The molecule has 13 heteroatoms. The molecule has 4 heterocycles. The van der Waals surface area contributed by atoms with Crippen molar-refractivity contribution < 1.29 is 37.0 Å². The van der Waals surface area contributed by atoms with Crippen LogP contribution in [0.1, 0.15) is 47.2 Å². The van der Waals surface area contributed by atoms with Gasteiger partial charge in [-0.05, 0) is 54.5 Å². The van der Waals surface area contributed by atoms with Gasteiger partial charge in [0.1, 0.15) is 6.61 Å². The Bertz CT molecular complexity index is 1460. The highest BCUT2D eigenvalue weighted by Crippen LogP contribution is 2.51. The molecule has 45 heavy (non-hydrogen) atoms. The fraction of sp³-hybridized carbons (Fsp3) is 0.562. The Kier molecular flexibility index (Phi) is 8.74. The molecule has 0 radical (unpaired) electrons. The van der Waals surface area contributed by atoms with E-state index in [0.717, 1.165) is 24.2 Å². The summed E-state index contributed by atoms with van der Waals surface area (Å²) in [7, 11) is 1.65. The third-order valence-electron chi connectivity index (χ3n) is 9.72. The van der Waals surface area contributed by atoms with Gasteiger partial charge in [0.05, 0.1) is 35.3 Å². The Labute approximate surface area is 259 Å². The Morgan fingerprint density at radius 2 is 2.04 bits per heavy atom. The molecule has 3 fully saturated rings. The third-order valence-corrected chi connectivity index (χ3v) is 9.72. The normalized spacial score (nSPS) is 27.9. The average molecular weight is 628 g/mol. The monoisotopic (exact) mass is 627 g/mol. The van der Waals surface area contributed by atoms with Crippen LogP contribution >= 0.6 is 0 Å². The summed E-state index contributed by atoms with van der Waals surface area (Å²) in [6, 6.07) is 9.95. The highest BCUT2D eigenvalue weighted by atomic mass is 19.4. The molecule has 1 saturated carbocycles. The summed E-state index contributed by atoms with van der Waals surface area (Å²) in [6.07, 6.45) is -2.07. The van der Waals surface area contributed by atoms with Crippen molar-refractivity contribution in [3.05, 3.63) is 64.5 Å². The van der Waals surface area contributed by atoms with E-state index in [2.05, 4.69) is 16.4 Å². The lowest BCUT2D eigenvalue weighted by molar-refractivity contribution is -0.143. The van der Waals surface area contributed by atoms with Crippen molar-refractivity contribution in [1.82, 2.24) is 20.1 Å². The summed E-state index contributed by atoms with van der Waals surface area (Å²) in [5, 5.41) is 12.7. The lowest BCUT2D eigenvalue weighted by atomic mass is 9.78. The van der Waals surface area contributed by atoms with Gasteiger partial charge in [0, 0.05) is 70.3 Å². The molecule has 10 nitrogen and oxygen atoms in total. The highest BCUT2D eigenvalue weighted by Gasteiger charge is 2.60. The SMILES string of the molecule is COC1COCCC1NC1CC2CN(C(=O)OCc3ccc(C#N)cc3)CC2(C(=O)N2CCc3ncc(C(F)(F)F)cc3C2)C1. The van der Waals surface area contributed by atoms with Crippen molar-refractivity contribution in [2.75, 3.05) is 40.0 Å². The first-order valence-corrected chi connectivity index (χ1v) is 15.2. The van der Waals surface area contributed by atoms with Crippen LogP contribution in [-0.2, 0) is 44.8 Å². The number of ether oxygens (including phenoxy) is 3. The lowest BCUT2D eigenvalue weighted by Gasteiger charge is -2.37. The van der Waals surface area contributed by atoms with E-state index in [1.54, 1.807) is 41.2 Å². The van der Waals surface area contributed by atoms with Crippen molar-refractivity contribution in [2.24, 2.45) is 11.3 Å². The van der Waals surface area contributed by atoms with Crippen molar-refractivity contribution in [3.8, 4) is 6.07 Å². The molecule has 240 valence electrons. The molecule has 2 amide bonds. The molecule has 1 aromatic carbocycles. The minimum Gasteiger partial charge on any atom is -0.445 e. The van der Waals surface area contributed by atoms with Crippen LogP contribution in [-0.4, -0.2) is 84.9 Å². The number of halogens is 3. The van der Waals surface area contributed by atoms with Gasteiger partial charge in [0.15, 0.2) is 0 Å². The van der Waals surface area contributed by atoms with Crippen LogP contribution in [0.4, 0.5) is 18.0 Å². The molecular weight excluding hydrogens is 591 g/mol. The van der Waals surface area contributed by atoms with Crippen molar-refractivity contribution in [3.63, 3.8) is 0 Å². The first kappa shape index (κ1) is 31.3. The molecule has 1 aliphatic carbocycles. The maximum Gasteiger partial charge on any atom is 0.417 e. The number of aromatic nitrogens is 1. The third kappa shape index (κ3) is 6.36. The molecule has 6 rings (SSSR count). The van der Waals surface area contributed by atoms with Gasteiger partial charge in [-0.25, -0.2) is 4.79 Å². The van der Waals surface area contributed by atoms with E-state index in [9.17, 15) is 22.8 Å². The van der Waals surface area contributed by atoms with E-state index in [-0.39, 0.29) is 49.7 Å². The predicted molar refractivity (Wildman–Crippen MR) is 153 cm³/mol. The zero-order chi connectivity index (χ0) is 31.8. The van der Waals surface area contributed by atoms with Crippen LogP contribution < -0.4 is 5.32 Å². The number of likely N-dealkylation sites (tertiary alicyclic amines) is 1. The number of carbonyl (C=O) groups is 2. The number of nitrogens with one attached hydrogen (secondary N) is 1. The largest absolute Gasteiger partial charge is 0.445 e. The molecule has 0 spiro atoms. The molecule has 5 unspecified atom stereocenters. The molecule has 3 aliphatic heterocycles. The van der Waals surface area contributed by atoms with E-state index < -0.39 is 23.2 Å². The molecule has 1 aromatic heterocycles. The minimum atomic E-state index is -4.53. The Morgan fingerprint density at radius 1 is 1.24 bits per heavy atom. The first-order chi connectivity index (χ1) is 21.6. The number of rotatable bonds is 6. The summed E-state index contributed by atoms with van der Waals surface area (Å²) < 4.78 is 57.1. The second-order valence-corrected chi connectivity index (χ2v) is 12.4. The number of amides is 2. The van der Waals surface area contributed by atoms with E-state index >= 15 is 0 Å². The summed E-state index contributed by atoms with van der Waals surface area (Å²) >= 11 is 0. The molecule has 5 atom stereocenters. The van der Waals surface area contributed by atoms with Crippen LogP contribution in [0.2, 0.25) is 0 Å². The molecule has 1 N–H and O–H groups in total. The van der Waals surface area contributed by atoms with Crippen LogP contribution in [0.15, 0.2) is 36.5 Å². The van der Waals surface area contributed by atoms with Gasteiger partial charge in [-0.1, -0.05) is 12.1 Å².